The molecular weight excluding hydrogens is 356 g/mol. The minimum absolute atomic E-state index is 0.554. The Kier molecular flexibility index (Phi) is 5.07. The van der Waals surface area contributed by atoms with Crippen molar-refractivity contribution in [3.05, 3.63) is 89.5 Å². The van der Waals surface area contributed by atoms with E-state index in [-0.39, 0.29) is 0 Å². The van der Waals surface area contributed by atoms with E-state index in [1.165, 1.54) is 11.5 Å². The van der Waals surface area contributed by atoms with Crippen LogP contribution in [0.3, 0.4) is 0 Å². The van der Waals surface area contributed by atoms with Crippen LogP contribution in [0.5, 0.6) is 5.75 Å². The van der Waals surface area contributed by atoms with Gasteiger partial charge in [0.1, 0.15) is 5.75 Å². The quantitative estimate of drug-likeness (QED) is 0.528. The number of rotatable bonds is 5. The lowest BCUT2D eigenvalue weighted by Crippen LogP contribution is -1.99. The third-order valence-electron chi connectivity index (χ3n) is 4.03. The first-order valence-corrected chi connectivity index (χ1v) is 9.30. The number of methoxy groups -OCH3 is 1. The molecule has 5 nitrogen and oxygen atoms in total. The Hall–Kier alpha value is -3.25. The van der Waals surface area contributed by atoms with Crippen LogP contribution in [0.2, 0.25) is 0 Å². The fourth-order valence-corrected chi connectivity index (χ4v) is 3.53. The van der Waals surface area contributed by atoms with Crippen LogP contribution in [-0.2, 0) is 6.54 Å². The molecule has 2 heterocycles. The molecule has 0 aliphatic rings. The van der Waals surface area contributed by atoms with Crippen molar-refractivity contribution in [3.8, 4) is 22.8 Å². The van der Waals surface area contributed by atoms with Gasteiger partial charge in [0.2, 0.25) is 4.80 Å². The number of ether oxygens (including phenoxy) is 1. The van der Waals surface area contributed by atoms with Crippen LogP contribution >= 0.6 is 11.5 Å². The van der Waals surface area contributed by atoms with Crippen molar-refractivity contribution in [2.45, 2.75) is 6.54 Å². The number of aromatic nitrogens is 3. The molecule has 0 aliphatic heterocycles. The fraction of sp³-hybridized carbons (Fsp3) is 0.0952. The van der Waals surface area contributed by atoms with E-state index in [1.807, 2.05) is 60.8 Å². The lowest BCUT2D eigenvalue weighted by Gasteiger charge is -2.07. The maximum absolute atomic E-state index is 5.27. The smallest absolute Gasteiger partial charge is 0.223 e. The summed E-state index contributed by atoms with van der Waals surface area (Å²) in [5.41, 5.74) is 3.13. The largest absolute Gasteiger partial charge is 0.497 e. The van der Waals surface area contributed by atoms with Crippen molar-refractivity contribution in [2.75, 3.05) is 7.11 Å². The number of nitrogens with zero attached hydrogens (tertiary/aromatic N) is 4. The van der Waals surface area contributed by atoms with Crippen molar-refractivity contribution in [2.24, 2.45) is 4.99 Å². The molecule has 0 radical (unpaired) electrons. The Morgan fingerprint density at radius 1 is 1.00 bits per heavy atom. The fourth-order valence-electron chi connectivity index (χ4n) is 2.66. The molecule has 0 spiro atoms. The van der Waals surface area contributed by atoms with Crippen molar-refractivity contribution in [1.82, 2.24) is 13.9 Å². The molecule has 0 fully saturated rings. The molecule has 27 heavy (non-hydrogen) atoms. The average Bonchev–Trinajstić information content (AvgIpc) is 3.18. The van der Waals surface area contributed by atoms with E-state index in [9.17, 15) is 0 Å². The zero-order valence-corrected chi connectivity index (χ0v) is 15.6. The Morgan fingerprint density at radius 3 is 2.52 bits per heavy atom. The Labute approximate surface area is 161 Å². The van der Waals surface area contributed by atoms with Gasteiger partial charge < -0.3 is 4.74 Å². The van der Waals surface area contributed by atoms with Crippen LogP contribution in [0, 0.1) is 0 Å². The highest BCUT2D eigenvalue weighted by Crippen LogP contribution is 2.23. The van der Waals surface area contributed by atoms with E-state index in [2.05, 4.69) is 26.1 Å². The second-order valence-electron chi connectivity index (χ2n) is 5.85. The minimum Gasteiger partial charge on any atom is -0.497 e. The molecule has 0 saturated heterocycles. The SMILES string of the molecule is COc1ccc(-n2sc(=NCc3cccnc3)nc2-c2ccccc2)cc1. The van der Waals surface area contributed by atoms with Gasteiger partial charge >= 0.3 is 0 Å². The summed E-state index contributed by atoms with van der Waals surface area (Å²) in [5, 5.41) is 0. The van der Waals surface area contributed by atoms with Gasteiger partial charge in [-0.1, -0.05) is 36.4 Å². The van der Waals surface area contributed by atoms with Gasteiger partial charge in [-0.2, -0.15) is 4.98 Å². The standard InChI is InChI=1S/C21H18N4OS/c1-26-19-11-9-18(10-12-19)25-20(17-7-3-2-4-8-17)24-21(27-25)23-15-16-6-5-13-22-14-16/h2-14H,15H2,1H3. The highest BCUT2D eigenvalue weighted by molar-refractivity contribution is 7.04. The molecule has 2 aromatic carbocycles. The van der Waals surface area contributed by atoms with Gasteiger partial charge in [0.15, 0.2) is 5.82 Å². The molecular formula is C21H18N4OS. The van der Waals surface area contributed by atoms with E-state index in [4.69, 9.17) is 9.72 Å². The van der Waals surface area contributed by atoms with Gasteiger partial charge in [0.25, 0.3) is 0 Å². The summed E-state index contributed by atoms with van der Waals surface area (Å²) in [4.78, 5) is 14.3. The van der Waals surface area contributed by atoms with Crippen LogP contribution in [0.15, 0.2) is 84.1 Å². The Bertz CT molecular complexity index is 1070. The molecule has 6 heteroatoms. The second kappa shape index (κ2) is 7.97. The maximum atomic E-state index is 5.27. The zero-order valence-electron chi connectivity index (χ0n) is 14.8. The van der Waals surface area contributed by atoms with Crippen molar-refractivity contribution >= 4 is 11.5 Å². The summed E-state index contributed by atoms with van der Waals surface area (Å²) in [6.45, 7) is 0.554. The zero-order chi connectivity index (χ0) is 18.5. The predicted molar refractivity (Wildman–Crippen MR) is 107 cm³/mol. The van der Waals surface area contributed by atoms with E-state index in [0.29, 0.717) is 6.54 Å². The molecule has 134 valence electrons. The lowest BCUT2D eigenvalue weighted by molar-refractivity contribution is 0.415. The van der Waals surface area contributed by atoms with Gasteiger partial charge in [-0.3, -0.25) is 9.98 Å². The predicted octanol–water partition coefficient (Wildman–Crippen LogP) is 4.11. The molecule has 0 atom stereocenters. The summed E-state index contributed by atoms with van der Waals surface area (Å²) in [6, 6.07) is 22.0. The van der Waals surface area contributed by atoms with E-state index >= 15 is 0 Å². The maximum Gasteiger partial charge on any atom is 0.223 e. The summed E-state index contributed by atoms with van der Waals surface area (Å²) >= 11 is 1.52. The molecule has 0 saturated carbocycles. The van der Waals surface area contributed by atoms with Crippen molar-refractivity contribution in [3.63, 3.8) is 0 Å². The normalized spacial score (nSPS) is 11.5. The van der Waals surface area contributed by atoms with E-state index in [1.54, 1.807) is 13.3 Å². The molecule has 0 aliphatic carbocycles. The van der Waals surface area contributed by atoms with Crippen LogP contribution in [0.4, 0.5) is 0 Å². The molecule has 2 aromatic heterocycles. The highest BCUT2D eigenvalue weighted by Gasteiger charge is 2.11. The number of hydrogen-bond acceptors (Lipinski definition) is 5. The molecule has 0 unspecified atom stereocenters. The second-order valence-corrected chi connectivity index (χ2v) is 6.76. The topological polar surface area (TPSA) is 52.3 Å². The van der Waals surface area contributed by atoms with E-state index < -0.39 is 0 Å². The number of pyridine rings is 1. The third-order valence-corrected chi connectivity index (χ3v) is 4.98. The third kappa shape index (κ3) is 3.96. The molecule has 4 rings (SSSR count). The first-order chi connectivity index (χ1) is 13.3. The molecule has 0 N–H and O–H groups in total. The highest BCUT2D eigenvalue weighted by atomic mass is 32.1. The van der Waals surface area contributed by atoms with Gasteiger partial charge in [0, 0.05) is 18.0 Å². The van der Waals surface area contributed by atoms with Crippen molar-refractivity contribution in [1.29, 1.82) is 0 Å². The summed E-state index contributed by atoms with van der Waals surface area (Å²) in [6.07, 6.45) is 3.59. The van der Waals surface area contributed by atoms with Gasteiger partial charge in [-0.05, 0) is 47.4 Å². The first-order valence-electron chi connectivity index (χ1n) is 8.53. The number of benzene rings is 2. The summed E-state index contributed by atoms with van der Waals surface area (Å²) in [7, 11) is 1.67. The van der Waals surface area contributed by atoms with Crippen LogP contribution in [-0.4, -0.2) is 21.0 Å². The Morgan fingerprint density at radius 2 is 1.81 bits per heavy atom. The van der Waals surface area contributed by atoms with Crippen LogP contribution < -0.4 is 9.54 Å². The van der Waals surface area contributed by atoms with Crippen LogP contribution in [0.1, 0.15) is 5.56 Å². The monoisotopic (exact) mass is 374 g/mol. The summed E-state index contributed by atoms with van der Waals surface area (Å²) < 4.78 is 7.36. The van der Waals surface area contributed by atoms with E-state index in [0.717, 1.165) is 33.2 Å². The van der Waals surface area contributed by atoms with Gasteiger partial charge in [-0.25, -0.2) is 3.96 Å². The number of hydrogen-bond donors (Lipinski definition) is 0. The van der Waals surface area contributed by atoms with Crippen LogP contribution in [0.25, 0.3) is 17.1 Å². The van der Waals surface area contributed by atoms with Crippen molar-refractivity contribution < 1.29 is 4.74 Å². The van der Waals surface area contributed by atoms with Gasteiger partial charge in [0.05, 0.1) is 19.3 Å². The molecule has 0 bridgehead atoms. The minimum atomic E-state index is 0.554. The lowest BCUT2D eigenvalue weighted by atomic mass is 10.2. The molecule has 0 amide bonds. The molecule has 4 aromatic rings. The van der Waals surface area contributed by atoms with Gasteiger partial charge in [-0.15, -0.1) is 0 Å². The first kappa shape index (κ1) is 17.2. The summed E-state index contributed by atoms with van der Waals surface area (Å²) in [5.74, 6) is 1.70. The Balaban J connectivity index is 1.77. The average molecular weight is 374 g/mol.